The third-order valence-electron chi connectivity index (χ3n) is 12.2. The summed E-state index contributed by atoms with van der Waals surface area (Å²) >= 11 is 0. The molecule has 1 unspecified atom stereocenters. The van der Waals surface area contributed by atoms with E-state index in [2.05, 4.69) is 31.2 Å². The van der Waals surface area contributed by atoms with Gasteiger partial charge in [0.15, 0.2) is 0 Å². The molecule has 5 amide bonds. The highest BCUT2D eigenvalue weighted by molar-refractivity contribution is 5.90. The number of fused-ring (bicyclic) bond motifs is 2. The monoisotopic (exact) mass is 1040 g/mol. The van der Waals surface area contributed by atoms with Crippen LogP contribution in [0.4, 0.5) is 15.3 Å². The molecular formula is C54H71N9O12. The molecule has 4 heterocycles. The first-order valence-corrected chi connectivity index (χ1v) is 25.7. The molecule has 0 saturated carbocycles. The Kier molecular flexibility index (Phi) is 24.8. The van der Waals surface area contributed by atoms with E-state index in [4.69, 9.17) is 33.5 Å². The second kappa shape index (κ2) is 32.4. The highest BCUT2D eigenvalue weighted by Crippen LogP contribution is 2.27. The number of pyridine rings is 2. The van der Waals surface area contributed by atoms with Crippen molar-refractivity contribution >= 4 is 40.5 Å². The van der Waals surface area contributed by atoms with Gasteiger partial charge in [0.1, 0.15) is 6.04 Å². The van der Waals surface area contributed by atoms with Crippen LogP contribution in [0, 0.1) is 0 Å². The van der Waals surface area contributed by atoms with Gasteiger partial charge in [-0.05, 0) is 85.2 Å². The fraction of sp³-hybridized carbons (Fsp3) is 0.481. The van der Waals surface area contributed by atoms with Crippen molar-refractivity contribution in [2.45, 2.75) is 77.0 Å². The van der Waals surface area contributed by atoms with Gasteiger partial charge in [-0.3, -0.25) is 24.4 Å². The fourth-order valence-electron chi connectivity index (χ4n) is 8.14. The van der Waals surface area contributed by atoms with Gasteiger partial charge < -0.3 is 59.7 Å². The molecule has 2 aromatic carbocycles. The molecule has 75 heavy (non-hydrogen) atoms. The lowest BCUT2D eigenvalue weighted by atomic mass is 10.0. The van der Waals surface area contributed by atoms with Gasteiger partial charge in [-0.25, -0.2) is 14.3 Å². The molecule has 0 bridgehead atoms. The lowest BCUT2D eigenvalue weighted by Crippen LogP contribution is -2.46. The predicted octanol–water partition coefficient (Wildman–Crippen LogP) is 5.79. The van der Waals surface area contributed by atoms with Gasteiger partial charge in [0.05, 0.1) is 89.4 Å². The summed E-state index contributed by atoms with van der Waals surface area (Å²) in [5.74, 6) is -0.578. The van der Waals surface area contributed by atoms with Crippen molar-refractivity contribution < 1.29 is 52.7 Å². The number of nitrogens with one attached hydrogen (secondary N) is 4. The predicted molar refractivity (Wildman–Crippen MR) is 281 cm³/mol. The zero-order chi connectivity index (χ0) is 52.9. The number of hydrogen-bond acceptors (Lipinski definition) is 14. The number of hydrogen-bond donors (Lipinski definition) is 5. The minimum absolute atomic E-state index is 0.166. The summed E-state index contributed by atoms with van der Waals surface area (Å²) in [5, 5.41) is 26.1. The topological polar surface area (TPSA) is 256 Å². The average Bonchev–Trinajstić information content (AvgIpc) is 3.86. The van der Waals surface area contributed by atoms with Crippen molar-refractivity contribution in [3.63, 3.8) is 0 Å². The average molecular weight is 1040 g/mol. The Morgan fingerprint density at radius 3 is 2.05 bits per heavy atom. The molecule has 1 aliphatic heterocycles. The summed E-state index contributed by atoms with van der Waals surface area (Å²) in [5.41, 5.74) is 5.84. The van der Waals surface area contributed by atoms with Crippen molar-refractivity contribution in [2.75, 3.05) is 98.2 Å². The van der Waals surface area contributed by atoms with Crippen molar-refractivity contribution in [2.24, 2.45) is 0 Å². The first kappa shape index (κ1) is 57.4. The molecule has 21 heteroatoms. The smallest absolute Gasteiger partial charge is 0.405 e. The summed E-state index contributed by atoms with van der Waals surface area (Å²) in [6, 6.07) is 19.5. The van der Waals surface area contributed by atoms with Crippen LogP contribution in [0.1, 0.15) is 62.5 Å². The zero-order valence-electron chi connectivity index (χ0n) is 42.8. The standard InChI is InChI=1S/C54H71N9O12/c1-70-25-26-72-29-30-74-33-34-75-32-31-73-28-27-71-24-18-50(64)57-19-6-4-10-47(60-54(68)69)51(65)58-20-5-2-3-7-23-63-52(66)46(42-12-11-40-9-8-21-56-48(40)35-42)36-49(61-63)41-13-15-45(16-14-41)59-53(67)62-38-43-17-22-55-37-44(43)39-62/h8-9,11-17,21-22,35-37,47,60H,2-7,10,18-20,23-34,38-39H2,1H3,(H,57,64)(H,58,65)(H,59,67)(H,68,69). The first-order valence-electron chi connectivity index (χ1n) is 25.7. The molecule has 1 atom stereocenters. The fourth-order valence-corrected chi connectivity index (χ4v) is 8.14. The highest BCUT2D eigenvalue weighted by Gasteiger charge is 2.24. The molecule has 5 aromatic rings. The second-order valence-electron chi connectivity index (χ2n) is 17.7. The van der Waals surface area contributed by atoms with Crippen molar-refractivity contribution in [1.29, 1.82) is 0 Å². The molecule has 0 fully saturated rings. The number of ether oxygens (including phenoxy) is 6. The third-order valence-corrected chi connectivity index (χ3v) is 12.2. The van der Waals surface area contributed by atoms with Gasteiger partial charge in [-0.2, -0.15) is 5.10 Å². The number of carbonyl (C=O) groups excluding carboxylic acids is 3. The van der Waals surface area contributed by atoms with Gasteiger partial charge in [-0.1, -0.05) is 43.2 Å². The van der Waals surface area contributed by atoms with E-state index in [0.29, 0.717) is 141 Å². The Balaban J connectivity index is 0.863. The van der Waals surface area contributed by atoms with Gasteiger partial charge in [0.25, 0.3) is 5.56 Å². The maximum Gasteiger partial charge on any atom is 0.405 e. The van der Waals surface area contributed by atoms with Crippen LogP contribution in [0.2, 0.25) is 0 Å². The maximum atomic E-state index is 14.0. The van der Waals surface area contributed by atoms with Crippen molar-refractivity contribution in [3.8, 4) is 22.4 Å². The van der Waals surface area contributed by atoms with E-state index < -0.39 is 18.0 Å². The van der Waals surface area contributed by atoms with E-state index >= 15 is 0 Å². The van der Waals surface area contributed by atoms with E-state index in [9.17, 15) is 29.1 Å². The number of anilines is 1. The lowest BCUT2D eigenvalue weighted by Gasteiger charge is -2.17. The van der Waals surface area contributed by atoms with Crippen molar-refractivity contribution in [3.05, 3.63) is 107 Å². The Morgan fingerprint density at radius 2 is 1.35 bits per heavy atom. The van der Waals surface area contributed by atoms with Gasteiger partial charge >= 0.3 is 12.1 Å². The first-order chi connectivity index (χ1) is 36.7. The van der Waals surface area contributed by atoms with Crippen LogP contribution >= 0.6 is 0 Å². The van der Waals surface area contributed by atoms with Crippen LogP contribution in [-0.4, -0.2) is 153 Å². The number of aryl methyl sites for hydroxylation is 1. The minimum Gasteiger partial charge on any atom is -0.465 e. The zero-order valence-corrected chi connectivity index (χ0v) is 42.8. The maximum absolute atomic E-state index is 14.0. The number of amides is 5. The molecule has 0 saturated heterocycles. The molecule has 5 N–H and O–H groups in total. The van der Waals surface area contributed by atoms with Gasteiger partial charge in [0.2, 0.25) is 11.8 Å². The van der Waals surface area contributed by atoms with Crippen LogP contribution in [-0.2, 0) is 57.6 Å². The van der Waals surface area contributed by atoms with E-state index in [1.807, 2.05) is 60.7 Å². The summed E-state index contributed by atoms with van der Waals surface area (Å²) in [4.78, 5) is 74.3. The van der Waals surface area contributed by atoms with Crippen LogP contribution in [0.3, 0.4) is 0 Å². The summed E-state index contributed by atoms with van der Waals surface area (Å²) < 4.78 is 33.5. The number of carbonyl (C=O) groups is 4. The summed E-state index contributed by atoms with van der Waals surface area (Å²) in [6.07, 6.45) is 8.27. The number of nitrogens with zero attached hydrogens (tertiary/aromatic N) is 5. The normalized spacial score (nSPS) is 12.4. The molecular weight excluding hydrogens is 967 g/mol. The Bertz CT molecular complexity index is 2590. The number of carboxylic acid groups (broad SMARTS) is 1. The molecule has 1 aliphatic rings. The van der Waals surface area contributed by atoms with Crippen molar-refractivity contribution in [1.82, 2.24) is 40.6 Å². The van der Waals surface area contributed by atoms with E-state index in [1.54, 1.807) is 36.7 Å². The molecule has 404 valence electrons. The van der Waals surface area contributed by atoms with Gasteiger partial charge in [-0.15, -0.1) is 0 Å². The van der Waals surface area contributed by atoms with E-state index in [1.165, 1.54) is 4.68 Å². The molecule has 3 aromatic heterocycles. The Labute approximate surface area is 437 Å². The molecule has 0 spiro atoms. The second-order valence-corrected chi connectivity index (χ2v) is 17.7. The summed E-state index contributed by atoms with van der Waals surface area (Å²) in [7, 11) is 1.62. The van der Waals surface area contributed by atoms with E-state index in [0.717, 1.165) is 46.0 Å². The quantitative estimate of drug-likeness (QED) is 0.0301. The number of urea groups is 1. The lowest BCUT2D eigenvalue weighted by molar-refractivity contribution is -0.123. The Hall–Kier alpha value is -6.88. The van der Waals surface area contributed by atoms with Crippen LogP contribution in [0.15, 0.2) is 90.1 Å². The van der Waals surface area contributed by atoms with Crippen LogP contribution in [0.25, 0.3) is 33.3 Å². The van der Waals surface area contributed by atoms with Crippen LogP contribution < -0.4 is 26.8 Å². The SMILES string of the molecule is COCCOCCOCCOCCOCCOCCC(=O)NCCCCC(NC(=O)O)C(=O)NCCCCCCn1nc(-c2ccc(NC(=O)N3Cc4ccncc4C3)cc2)cc(-c2ccc3cccnc3c2)c1=O. The number of aromatic nitrogens is 4. The highest BCUT2D eigenvalue weighted by atomic mass is 16.6. The minimum atomic E-state index is -1.29. The third kappa shape index (κ3) is 20.1. The number of rotatable bonds is 35. The van der Waals surface area contributed by atoms with Gasteiger partial charge in [0, 0.05) is 81.5 Å². The number of unbranched alkanes of at least 4 members (excludes halogenated alkanes) is 4. The molecule has 0 aliphatic carbocycles. The largest absolute Gasteiger partial charge is 0.465 e. The van der Waals surface area contributed by atoms with E-state index in [-0.39, 0.29) is 36.9 Å². The molecule has 0 radical (unpaired) electrons. The summed E-state index contributed by atoms with van der Waals surface area (Å²) in [6.45, 7) is 6.96. The number of methoxy groups -OCH3 is 1. The van der Waals surface area contributed by atoms with Crippen LogP contribution in [0.5, 0.6) is 0 Å². The molecule has 21 nitrogen and oxygen atoms in total. The Morgan fingerprint density at radius 1 is 0.693 bits per heavy atom. The molecule has 6 rings (SSSR count). The number of benzene rings is 2.